The van der Waals surface area contributed by atoms with Crippen molar-refractivity contribution in [2.24, 2.45) is 0 Å². The van der Waals surface area contributed by atoms with Gasteiger partial charge >= 0.3 is 0 Å². The van der Waals surface area contributed by atoms with Crippen molar-refractivity contribution in [3.05, 3.63) is 23.9 Å². The fourth-order valence-electron chi connectivity index (χ4n) is 2.96. The zero-order valence-electron chi connectivity index (χ0n) is 13.1. The number of hydrogen-bond acceptors (Lipinski definition) is 3. The minimum atomic E-state index is 0.586. The van der Waals surface area contributed by atoms with Crippen molar-refractivity contribution >= 4 is 5.82 Å². The van der Waals surface area contributed by atoms with Gasteiger partial charge in [0, 0.05) is 18.8 Å². The van der Waals surface area contributed by atoms with Gasteiger partial charge in [0.2, 0.25) is 0 Å². The summed E-state index contributed by atoms with van der Waals surface area (Å²) < 4.78 is 0. The number of pyridine rings is 1. The Balaban J connectivity index is 1.99. The lowest BCUT2D eigenvalue weighted by Gasteiger charge is -2.36. The minimum Gasteiger partial charge on any atom is -0.370 e. The quantitative estimate of drug-likeness (QED) is 0.807. The molecule has 112 valence electrons. The molecule has 2 rings (SSSR count). The van der Waals surface area contributed by atoms with E-state index >= 15 is 0 Å². The van der Waals surface area contributed by atoms with Gasteiger partial charge in [0.05, 0.1) is 0 Å². The molecule has 0 amide bonds. The molecule has 0 bridgehead atoms. The SMILES string of the molecule is CCCCN1CCCC[C@H]1c1ccc(NCCC)nc1. The third-order valence-corrected chi connectivity index (χ3v) is 4.14. The Morgan fingerprint density at radius 3 is 2.85 bits per heavy atom. The van der Waals surface area contributed by atoms with Crippen LogP contribution in [0.15, 0.2) is 18.3 Å². The zero-order chi connectivity index (χ0) is 14.2. The number of likely N-dealkylation sites (tertiary alicyclic amines) is 1. The molecular formula is C17H29N3. The summed E-state index contributed by atoms with van der Waals surface area (Å²) in [4.78, 5) is 7.22. The molecule has 1 fully saturated rings. The summed E-state index contributed by atoms with van der Waals surface area (Å²) in [7, 11) is 0. The van der Waals surface area contributed by atoms with Crippen molar-refractivity contribution in [1.29, 1.82) is 0 Å². The van der Waals surface area contributed by atoms with E-state index in [2.05, 4.69) is 47.4 Å². The second-order valence-corrected chi connectivity index (χ2v) is 5.80. The number of piperidine rings is 1. The van der Waals surface area contributed by atoms with Crippen LogP contribution in [0.1, 0.15) is 64.0 Å². The average molecular weight is 275 g/mol. The van der Waals surface area contributed by atoms with Crippen LogP contribution < -0.4 is 5.32 Å². The van der Waals surface area contributed by atoms with Gasteiger partial charge in [0.25, 0.3) is 0 Å². The lowest BCUT2D eigenvalue weighted by Crippen LogP contribution is -2.34. The van der Waals surface area contributed by atoms with Gasteiger partial charge in [-0.3, -0.25) is 4.90 Å². The fraction of sp³-hybridized carbons (Fsp3) is 0.706. The maximum absolute atomic E-state index is 4.57. The van der Waals surface area contributed by atoms with Gasteiger partial charge < -0.3 is 5.32 Å². The number of aromatic nitrogens is 1. The zero-order valence-corrected chi connectivity index (χ0v) is 13.1. The molecule has 1 aromatic rings. The molecule has 20 heavy (non-hydrogen) atoms. The molecule has 3 heteroatoms. The molecule has 3 nitrogen and oxygen atoms in total. The van der Waals surface area contributed by atoms with E-state index in [0.29, 0.717) is 6.04 Å². The van der Waals surface area contributed by atoms with Crippen LogP contribution in [0.2, 0.25) is 0 Å². The van der Waals surface area contributed by atoms with Crippen molar-refractivity contribution in [3.8, 4) is 0 Å². The summed E-state index contributed by atoms with van der Waals surface area (Å²) in [6.45, 7) is 7.93. The lowest BCUT2D eigenvalue weighted by molar-refractivity contribution is 0.146. The molecule has 1 atom stereocenters. The standard InChI is InChI=1S/C17H29N3/c1-3-5-12-20-13-7-6-8-16(20)15-9-10-17(19-14-15)18-11-4-2/h9-10,14,16H,3-8,11-13H2,1-2H3,(H,18,19)/t16-/m0/s1. The summed E-state index contributed by atoms with van der Waals surface area (Å²) in [6, 6.07) is 4.99. The summed E-state index contributed by atoms with van der Waals surface area (Å²) >= 11 is 0. The highest BCUT2D eigenvalue weighted by Crippen LogP contribution is 2.31. The number of nitrogens with zero attached hydrogens (tertiary/aromatic N) is 2. The maximum Gasteiger partial charge on any atom is 0.125 e. The maximum atomic E-state index is 4.57. The largest absolute Gasteiger partial charge is 0.370 e. The van der Waals surface area contributed by atoms with Gasteiger partial charge in [0.1, 0.15) is 5.82 Å². The third-order valence-electron chi connectivity index (χ3n) is 4.14. The molecule has 2 heterocycles. The molecule has 1 aromatic heterocycles. The van der Waals surface area contributed by atoms with Crippen LogP contribution in [0.3, 0.4) is 0 Å². The first-order valence-electron chi connectivity index (χ1n) is 8.29. The Bertz CT molecular complexity index is 374. The van der Waals surface area contributed by atoms with Gasteiger partial charge in [-0.05, 0) is 50.4 Å². The van der Waals surface area contributed by atoms with Crippen molar-refractivity contribution in [2.75, 3.05) is 25.0 Å². The van der Waals surface area contributed by atoms with E-state index in [4.69, 9.17) is 0 Å². The molecule has 0 spiro atoms. The summed E-state index contributed by atoms with van der Waals surface area (Å²) in [5.74, 6) is 1.01. The van der Waals surface area contributed by atoms with Crippen LogP contribution in [-0.4, -0.2) is 29.5 Å². The molecule has 0 unspecified atom stereocenters. The normalized spacial score (nSPS) is 20.0. The van der Waals surface area contributed by atoms with E-state index in [0.717, 1.165) is 18.8 Å². The first-order chi connectivity index (χ1) is 9.85. The Hall–Kier alpha value is -1.09. The monoisotopic (exact) mass is 275 g/mol. The van der Waals surface area contributed by atoms with Crippen LogP contribution >= 0.6 is 0 Å². The Morgan fingerprint density at radius 1 is 1.25 bits per heavy atom. The van der Waals surface area contributed by atoms with E-state index in [-0.39, 0.29) is 0 Å². The summed E-state index contributed by atoms with van der Waals surface area (Å²) in [5.41, 5.74) is 1.39. The van der Waals surface area contributed by atoms with E-state index in [9.17, 15) is 0 Å². The van der Waals surface area contributed by atoms with E-state index in [1.165, 1.54) is 50.8 Å². The second kappa shape index (κ2) is 8.25. The highest BCUT2D eigenvalue weighted by Gasteiger charge is 2.23. The first-order valence-corrected chi connectivity index (χ1v) is 8.29. The van der Waals surface area contributed by atoms with Gasteiger partial charge in [-0.1, -0.05) is 32.8 Å². The number of nitrogens with one attached hydrogen (secondary N) is 1. The molecule has 1 aliphatic heterocycles. The topological polar surface area (TPSA) is 28.2 Å². The fourth-order valence-corrected chi connectivity index (χ4v) is 2.96. The molecule has 0 aliphatic carbocycles. The summed E-state index contributed by atoms with van der Waals surface area (Å²) in [5, 5.41) is 3.35. The van der Waals surface area contributed by atoms with Gasteiger partial charge in [-0.15, -0.1) is 0 Å². The highest BCUT2D eigenvalue weighted by molar-refractivity contribution is 5.36. The Morgan fingerprint density at radius 2 is 2.15 bits per heavy atom. The van der Waals surface area contributed by atoms with Crippen LogP contribution in [0, 0.1) is 0 Å². The highest BCUT2D eigenvalue weighted by atomic mass is 15.2. The van der Waals surface area contributed by atoms with Crippen molar-refractivity contribution < 1.29 is 0 Å². The smallest absolute Gasteiger partial charge is 0.125 e. The lowest BCUT2D eigenvalue weighted by atomic mass is 9.96. The van der Waals surface area contributed by atoms with Crippen molar-refractivity contribution in [1.82, 2.24) is 9.88 Å². The molecule has 1 N–H and O–H groups in total. The predicted molar refractivity (Wildman–Crippen MR) is 86.1 cm³/mol. The van der Waals surface area contributed by atoms with E-state index < -0.39 is 0 Å². The first kappa shape index (κ1) is 15.3. The number of unbranched alkanes of at least 4 members (excludes halogenated alkanes) is 1. The molecule has 1 saturated heterocycles. The number of anilines is 1. The van der Waals surface area contributed by atoms with E-state index in [1.54, 1.807) is 0 Å². The molecular weight excluding hydrogens is 246 g/mol. The van der Waals surface area contributed by atoms with Gasteiger partial charge in [-0.25, -0.2) is 4.98 Å². The van der Waals surface area contributed by atoms with Crippen molar-refractivity contribution in [3.63, 3.8) is 0 Å². The van der Waals surface area contributed by atoms with Crippen LogP contribution in [0.4, 0.5) is 5.82 Å². The molecule has 1 aliphatic rings. The third kappa shape index (κ3) is 4.20. The van der Waals surface area contributed by atoms with Gasteiger partial charge in [-0.2, -0.15) is 0 Å². The second-order valence-electron chi connectivity index (χ2n) is 5.80. The Labute approximate surface area is 123 Å². The number of hydrogen-bond donors (Lipinski definition) is 1. The van der Waals surface area contributed by atoms with Crippen LogP contribution in [0.25, 0.3) is 0 Å². The van der Waals surface area contributed by atoms with Crippen LogP contribution in [0.5, 0.6) is 0 Å². The molecule has 0 aromatic carbocycles. The average Bonchev–Trinajstić information content (AvgIpc) is 2.52. The Kier molecular flexibility index (Phi) is 6.31. The van der Waals surface area contributed by atoms with E-state index in [1.807, 2.05) is 0 Å². The predicted octanol–water partition coefficient (Wildman–Crippen LogP) is 4.23. The number of rotatable bonds is 7. The molecule has 0 radical (unpaired) electrons. The molecule has 0 saturated carbocycles. The van der Waals surface area contributed by atoms with Crippen LogP contribution in [-0.2, 0) is 0 Å². The minimum absolute atomic E-state index is 0.586. The summed E-state index contributed by atoms with van der Waals surface area (Å²) in [6.07, 6.45) is 9.78. The van der Waals surface area contributed by atoms with Crippen molar-refractivity contribution in [2.45, 2.75) is 58.4 Å². The van der Waals surface area contributed by atoms with Gasteiger partial charge in [0.15, 0.2) is 0 Å².